The second-order valence-electron chi connectivity index (χ2n) is 7.64. The molecule has 0 amide bonds. The van der Waals surface area contributed by atoms with Crippen LogP contribution in [0.4, 0.5) is 0 Å². The zero-order valence-corrected chi connectivity index (χ0v) is 17.2. The topological polar surface area (TPSA) is 69.9 Å². The highest BCUT2D eigenvalue weighted by Gasteiger charge is 2.30. The molecule has 0 radical (unpaired) electrons. The monoisotopic (exact) mass is 401 g/mol. The highest BCUT2D eigenvalue weighted by atomic mass is 16.5. The highest BCUT2D eigenvalue weighted by molar-refractivity contribution is 5.39. The van der Waals surface area contributed by atoms with Gasteiger partial charge in [-0.15, -0.1) is 10.2 Å². The average molecular weight is 402 g/mol. The Hall–Kier alpha value is -2.12. The van der Waals surface area contributed by atoms with Crippen LogP contribution in [0.1, 0.15) is 62.8 Å². The zero-order valence-electron chi connectivity index (χ0n) is 17.2. The van der Waals surface area contributed by atoms with Crippen molar-refractivity contribution < 1.29 is 18.6 Å². The fraction of sp³-hybridized carbons (Fsp3) is 0.636. The van der Waals surface area contributed by atoms with E-state index in [1.165, 1.54) is 12.8 Å². The standard InChI is InChI=1S/C22H31N3O4/c1-2-27-19-8-3-4-9-20(19)28-16-13-25-12-6-5-7-18(25)22-24-23-21(29-22)17-10-14-26-15-11-17/h3-4,8-9,17-18H,2,5-7,10-16H2,1H3/t18-/m1/s1. The summed E-state index contributed by atoms with van der Waals surface area (Å²) >= 11 is 0. The third kappa shape index (κ3) is 5.08. The Labute approximate surface area is 172 Å². The Kier molecular flexibility index (Phi) is 7.00. The number of hydrogen-bond donors (Lipinski definition) is 0. The molecule has 2 aromatic rings. The van der Waals surface area contributed by atoms with Crippen LogP contribution >= 0.6 is 0 Å². The molecule has 0 unspecified atom stereocenters. The molecule has 0 spiro atoms. The SMILES string of the molecule is CCOc1ccccc1OCCN1CCCC[C@@H]1c1nnc(C2CCOCC2)o1. The summed E-state index contributed by atoms with van der Waals surface area (Å²) in [7, 11) is 0. The molecule has 1 atom stereocenters. The first-order valence-electron chi connectivity index (χ1n) is 10.8. The van der Waals surface area contributed by atoms with Crippen LogP contribution in [0.3, 0.4) is 0 Å². The Morgan fingerprint density at radius 2 is 1.76 bits per heavy atom. The van der Waals surface area contributed by atoms with E-state index in [1.807, 2.05) is 31.2 Å². The van der Waals surface area contributed by atoms with Gasteiger partial charge in [-0.25, -0.2) is 0 Å². The Bertz CT molecular complexity index is 760. The molecule has 1 aromatic heterocycles. The Morgan fingerprint density at radius 1 is 1.00 bits per heavy atom. The minimum atomic E-state index is 0.176. The molecule has 158 valence electrons. The summed E-state index contributed by atoms with van der Waals surface area (Å²) in [5, 5.41) is 8.77. The number of para-hydroxylation sites is 2. The van der Waals surface area contributed by atoms with Gasteiger partial charge in [0.05, 0.1) is 12.6 Å². The van der Waals surface area contributed by atoms with Gasteiger partial charge in [0.1, 0.15) is 6.61 Å². The van der Waals surface area contributed by atoms with Crippen molar-refractivity contribution in [1.82, 2.24) is 15.1 Å². The molecule has 7 heteroatoms. The normalized spacial score (nSPS) is 21.2. The lowest BCUT2D eigenvalue weighted by Crippen LogP contribution is -2.36. The third-order valence-electron chi connectivity index (χ3n) is 5.71. The molecule has 1 aromatic carbocycles. The van der Waals surface area contributed by atoms with Crippen molar-refractivity contribution in [3.05, 3.63) is 36.0 Å². The molecule has 0 bridgehead atoms. The van der Waals surface area contributed by atoms with Crippen molar-refractivity contribution in [1.29, 1.82) is 0 Å². The van der Waals surface area contributed by atoms with Crippen molar-refractivity contribution in [2.75, 3.05) is 39.5 Å². The molecule has 2 fully saturated rings. The predicted molar refractivity (Wildman–Crippen MR) is 108 cm³/mol. The summed E-state index contributed by atoms with van der Waals surface area (Å²) < 4.78 is 23.3. The molecule has 2 aliphatic rings. The van der Waals surface area contributed by atoms with Crippen LogP contribution in [-0.2, 0) is 4.74 Å². The van der Waals surface area contributed by atoms with Crippen molar-refractivity contribution in [2.24, 2.45) is 0 Å². The summed E-state index contributed by atoms with van der Waals surface area (Å²) in [6.07, 6.45) is 5.34. The van der Waals surface area contributed by atoms with Gasteiger partial charge in [0, 0.05) is 25.7 Å². The summed E-state index contributed by atoms with van der Waals surface area (Å²) in [6.45, 7) is 6.60. The summed E-state index contributed by atoms with van der Waals surface area (Å²) in [5.74, 6) is 3.45. The van der Waals surface area contributed by atoms with E-state index in [2.05, 4.69) is 15.1 Å². The number of aromatic nitrogens is 2. The molecule has 0 saturated carbocycles. The number of nitrogens with zero attached hydrogens (tertiary/aromatic N) is 3. The number of hydrogen-bond acceptors (Lipinski definition) is 7. The summed E-state index contributed by atoms with van der Waals surface area (Å²) in [4.78, 5) is 2.41. The van der Waals surface area contributed by atoms with Crippen LogP contribution < -0.4 is 9.47 Å². The van der Waals surface area contributed by atoms with Crippen LogP contribution in [0.2, 0.25) is 0 Å². The van der Waals surface area contributed by atoms with Gasteiger partial charge in [0.2, 0.25) is 11.8 Å². The maximum atomic E-state index is 6.13. The van der Waals surface area contributed by atoms with Crippen molar-refractivity contribution in [3.8, 4) is 11.5 Å². The van der Waals surface area contributed by atoms with Gasteiger partial charge in [0.15, 0.2) is 11.5 Å². The summed E-state index contributed by atoms with van der Waals surface area (Å²) in [6, 6.07) is 8.01. The molecule has 0 aliphatic carbocycles. The molecule has 0 N–H and O–H groups in total. The minimum Gasteiger partial charge on any atom is -0.490 e. The fourth-order valence-corrected chi connectivity index (χ4v) is 4.15. The van der Waals surface area contributed by atoms with E-state index in [1.54, 1.807) is 0 Å². The van der Waals surface area contributed by atoms with Crippen LogP contribution in [0.15, 0.2) is 28.7 Å². The van der Waals surface area contributed by atoms with Gasteiger partial charge in [0.25, 0.3) is 0 Å². The van der Waals surface area contributed by atoms with E-state index in [0.29, 0.717) is 19.1 Å². The van der Waals surface area contributed by atoms with Crippen molar-refractivity contribution in [3.63, 3.8) is 0 Å². The lowest BCUT2D eigenvalue weighted by Gasteiger charge is -2.33. The van der Waals surface area contributed by atoms with Gasteiger partial charge in [-0.2, -0.15) is 0 Å². The van der Waals surface area contributed by atoms with Gasteiger partial charge >= 0.3 is 0 Å². The summed E-state index contributed by atoms with van der Waals surface area (Å²) in [5.41, 5.74) is 0. The first kappa shape index (κ1) is 20.2. The Balaban J connectivity index is 1.36. The number of ether oxygens (including phenoxy) is 3. The maximum absolute atomic E-state index is 6.13. The molecule has 3 heterocycles. The third-order valence-corrected chi connectivity index (χ3v) is 5.71. The number of rotatable bonds is 8. The first-order chi connectivity index (χ1) is 14.3. The number of likely N-dealkylation sites (tertiary alicyclic amines) is 1. The van der Waals surface area contributed by atoms with Crippen LogP contribution in [0.5, 0.6) is 11.5 Å². The Morgan fingerprint density at radius 3 is 2.55 bits per heavy atom. The van der Waals surface area contributed by atoms with Crippen LogP contribution in [0, 0.1) is 0 Å². The number of benzene rings is 1. The highest BCUT2D eigenvalue weighted by Crippen LogP contribution is 2.33. The fourth-order valence-electron chi connectivity index (χ4n) is 4.15. The lowest BCUT2D eigenvalue weighted by atomic mass is 10.0. The van der Waals surface area contributed by atoms with E-state index >= 15 is 0 Å². The van der Waals surface area contributed by atoms with E-state index in [9.17, 15) is 0 Å². The molecule has 4 rings (SSSR count). The quantitative estimate of drug-likeness (QED) is 0.663. The molecular formula is C22H31N3O4. The zero-order chi connectivity index (χ0) is 19.9. The van der Waals surface area contributed by atoms with E-state index in [-0.39, 0.29) is 6.04 Å². The van der Waals surface area contributed by atoms with E-state index in [0.717, 1.165) is 68.8 Å². The second kappa shape index (κ2) is 10.1. The minimum absolute atomic E-state index is 0.176. The smallest absolute Gasteiger partial charge is 0.233 e. The van der Waals surface area contributed by atoms with Crippen LogP contribution in [-0.4, -0.2) is 54.6 Å². The average Bonchev–Trinajstić information content (AvgIpc) is 3.26. The molecule has 29 heavy (non-hydrogen) atoms. The molecule has 2 saturated heterocycles. The van der Waals surface area contributed by atoms with Crippen molar-refractivity contribution >= 4 is 0 Å². The van der Waals surface area contributed by atoms with Gasteiger partial charge in [-0.1, -0.05) is 18.6 Å². The molecular weight excluding hydrogens is 370 g/mol. The van der Waals surface area contributed by atoms with Crippen LogP contribution in [0.25, 0.3) is 0 Å². The predicted octanol–water partition coefficient (Wildman–Crippen LogP) is 3.97. The van der Waals surface area contributed by atoms with Gasteiger partial charge < -0.3 is 18.6 Å². The lowest BCUT2D eigenvalue weighted by molar-refractivity contribution is 0.0761. The van der Waals surface area contributed by atoms with Crippen molar-refractivity contribution in [2.45, 2.75) is 51.0 Å². The van der Waals surface area contributed by atoms with E-state index < -0.39 is 0 Å². The second-order valence-corrected chi connectivity index (χ2v) is 7.64. The molecule has 7 nitrogen and oxygen atoms in total. The van der Waals surface area contributed by atoms with Gasteiger partial charge in [-0.3, -0.25) is 4.90 Å². The first-order valence-corrected chi connectivity index (χ1v) is 10.8. The molecule has 2 aliphatic heterocycles. The van der Waals surface area contributed by atoms with E-state index in [4.69, 9.17) is 18.6 Å². The maximum Gasteiger partial charge on any atom is 0.233 e. The van der Waals surface area contributed by atoms with Gasteiger partial charge in [-0.05, 0) is 51.3 Å². The number of piperidine rings is 1. The largest absolute Gasteiger partial charge is 0.490 e.